The highest BCUT2D eigenvalue weighted by molar-refractivity contribution is 6.00. The standard InChI is InChI=1S/C10H7FNO3/c1-5(13)6-2-3-8-7(9(6)11)4-15-10(14)12-8/h2-3H,1,4H2,(H,12,14). The molecule has 0 spiro atoms. The van der Waals surface area contributed by atoms with Crippen molar-refractivity contribution in [2.75, 3.05) is 5.32 Å². The Morgan fingerprint density at radius 2 is 2.27 bits per heavy atom. The van der Waals surface area contributed by atoms with Crippen LogP contribution in [0.5, 0.6) is 0 Å². The summed E-state index contributed by atoms with van der Waals surface area (Å²) in [5.41, 5.74) is 0.395. The molecule has 1 aliphatic rings. The fourth-order valence-corrected chi connectivity index (χ4v) is 1.38. The van der Waals surface area contributed by atoms with Gasteiger partial charge >= 0.3 is 6.09 Å². The van der Waals surface area contributed by atoms with Gasteiger partial charge in [-0.15, -0.1) is 0 Å². The Hall–Kier alpha value is -1.91. The lowest BCUT2D eigenvalue weighted by atomic mass is 10.0. The van der Waals surface area contributed by atoms with E-state index >= 15 is 0 Å². The molecule has 1 aromatic rings. The fourth-order valence-electron chi connectivity index (χ4n) is 1.38. The molecule has 77 valence electrons. The minimum atomic E-state index is -0.687. The van der Waals surface area contributed by atoms with Crippen molar-refractivity contribution in [2.24, 2.45) is 0 Å². The summed E-state index contributed by atoms with van der Waals surface area (Å²) in [6.45, 7) is 2.95. The summed E-state index contributed by atoms with van der Waals surface area (Å²) in [7, 11) is 0. The van der Waals surface area contributed by atoms with Crippen molar-refractivity contribution >= 4 is 17.6 Å². The van der Waals surface area contributed by atoms with Crippen LogP contribution in [-0.4, -0.2) is 11.9 Å². The minimum absolute atomic E-state index is 0.103. The summed E-state index contributed by atoms with van der Waals surface area (Å²) in [4.78, 5) is 21.8. The number of cyclic esters (lactones) is 1. The van der Waals surface area contributed by atoms with Crippen LogP contribution in [0.4, 0.5) is 14.9 Å². The van der Waals surface area contributed by atoms with E-state index in [4.69, 9.17) is 0 Å². The van der Waals surface area contributed by atoms with Gasteiger partial charge in [-0.25, -0.2) is 9.18 Å². The number of amides is 1. The maximum absolute atomic E-state index is 13.6. The molecule has 1 N–H and O–H groups in total. The van der Waals surface area contributed by atoms with Crippen molar-refractivity contribution in [3.63, 3.8) is 0 Å². The molecule has 0 saturated heterocycles. The van der Waals surface area contributed by atoms with Gasteiger partial charge in [-0.1, -0.05) is 0 Å². The molecule has 0 aliphatic carbocycles. The first-order valence-electron chi connectivity index (χ1n) is 4.21. The van der Waals surface area contributed by atoms with Crippen molar-refractivity contribution < 1.29 is 18.7 Å². The van der Waals surface area contributed by atoms with Gasteiger partial charge in [-0.05, 0) is 12.1 Å². The van der Waals surface area contributed by atoms with Crippen LogP contribution in [0, 0.1) is 12.7 Å². The van der Waals surface area contributed by atoms with E-state index in [1.807, 2.05) is 0 Å². The molecule has 4 nitrogen and oxygen atoms in total. The van der Waals surface area contributed by atoms with Gasteiger partial charge in [0.05, 0.1) is 11.3 Å². The van der Waals surface area contributed by atoms with Crippen LogP contribution >= 0.6 is 0 Å². The number of carbonyl (C=O) groups excluding carboxylic acids is 2. The number of nitrogens with one attached hydrogen (secondary N) is 1. The Morgan fingerprint density at radius 3 is 2.93 bits per heavy atom. The summed E-state index contributed by atoms with van der Waals surface area (Å²) in [6, 6.07) is 2.74. The van der Waals surface area contributed by atoms with Gasteiger partial charge in [0.15, 0.2) is 5.78 Å². The molecule has 0 bridgehead atoms. The molecule has 1 aromatic carbocycles. The van der Waals surface area contributed by atoms with E-state index in [0.29, 0.717) is 5.69 Å². The molecule has 0 fully saturated rings. The molecule has 0 unspecified atom stereocenters. The van der Waals surface area contributed by atoms with Gasteiger partial charge in [0.1, 0.15) is 12.4 Å². The Morgan fingerprint density at radius 1 is 1.53 bits per heavy atom. The van der Waals surface area contributed by atoms with Crippen molar-refractivity contribution in [3.8, 4) is 0 Å². The molecule has 2 rings (SSSR count). The number of halogens is 1. The topological polar surface area (TPSA) is 55.4 Å². The van der Waals surface area contributed by atoms with E-state index < -0.39 is 17.7 Å². The largest absolute Gasteiger partial charge is 0.444 e. The Kier molecular flexibility index (Phi) is 2.15. The van der Waals surface area contributed by atoms with Gasteiger partial charge in [0.2, 0.25) is 0 Å². The van der Waals surface area contributed by atoms with E-state index in [0.717, 1.165) is 0 Å². The summed E-state index contributed by atoms with van der Waals surface area (Å²) in [5.74, 6) is -1.29. The quantitative estimate of drug-likeness (QED) is 0.717. The normalized spacial score (nSPS) is 13.9. The Labute approximate surface area is 85.0 Å². The third kappa shape index (κ3) is 1.56. The van der Waals surface area contributed by atoms with Gasteiger partial charge in [-0.3, -0.25) is 10.1 Å². The molecule has 1 amide bonds. The summed E-state index contributed by atoms with van der Waals surface area (Å²) in [6.07, 6.45) is -0.629. The average molecular weight is 208 g/mol. The van der Waals surface area contributed by atoms with Crippen LogP contribution in [0.3, 0.4) is 0 Å². The Bertz CT molecular complexity index is 456. The van der Waals surface area contributed by atoms with Crippen LogP contribution in [0.25, 0.3) is 0 Å². The number of carbonyl (C=O) groups is 2. The first-order valence-corrected chi connectivity index (χ1v) is 4.21. The average Bonchev–Trinajstić information content (AvgIpc) is 2.17. The second kappa shape index (κ2) is 3.34. The second-order valence-corrected chi connectivity index (χ2v) is 3.08. The van der Waals surface area contributed by atoms with Crippen LogP contribution in [0.1, 0.15) is 15.9 Å². The predicted octanol–water partition coefficient (Wildman–Crippen LogP) is 1.90. The highest BCUT2D eigenvalue weighted by Crippen LogP contribution is 2.26. The SMILES string of the molecule is [CH2]C(=O)c1ccc2c(c1F)COC(=O)N2. The van der Waals surface area contributed by atoms with E-state index in [9.17, 15) is 14.0 Å². The molecule has 0 aromatic heterocycles. The number of ketones is 1. The molecular formula is C10H7FNO3. The third-order valence-corrected chi connectivity index (χ3v) is 2.13. The minimum Gasteiger partial charge on any atom is -0.444 e. The number of anilines is 1. The number of fused-ring (bicyclic) bond motifs is 1. The van der Waals surface area contributed by atoms with Crippen LogP contribution in [-0.2, 0) is 11.3 Å². The zero-order valence-corrected chi connectivity index (χ0v) is 7.67. The third-order valence-electron chi connectivity index (χ3n) is 2.13. The lowest BCUT2D eigenvalue weighted by molar-refractivity contribution is 0.104. The van der Waals surface area contributed by atoms with Gasteiger partial charge < -0.3 is 4.74 Å². The summed E-state index contributed by atoms with van der Waals surface area (Å²) >= 11 is 0. The zero-order chi connectivity index (χ0) is 11.0. The lowest BCUT2D eigenvalue weighted by Gasteiger charge is -2.18. The number of hydrogen-bond donors (Lipinski definition) is 1. The number of benzene rings is 1. The van der Waals surface area contributed by atoms with E-state index in [1.165, 1.54) is 12.1 Å². The monoisotopic (exact) mass is 208 g/mol. The second-order valence-electron chi connectivity index (χ2n) is 3.08. The van der Waals surface area contributed by atoms with Crippen LogP contribution < -0.4 is 5.32 Å². The fraction of sp³-hybridized carbons (Fsp3) is 0.100. The van der Waals surface area contributed by atoms with Gasteiger partial charge in [0.25, 0.3) is 0 Å². The predicted molar refractivity (Wildman–Crippen MR) is 49.9 cm³/mol. The van der Waals surface area contributed by atoms with E-state index in [2.05, 4.69) is 17.0 Å². The highest BCUT2D eigenvalue weighted by atomic mass is 19.1. The van der Waals surface area contributed by atoms with Gasteiger partial charge in [-0.2, -0.15) is 0 Å². The highest BCUT2D eigenvalue weighted by Gasteiger charge is 2.22. The maximum atomic E-state index is 13.6. The van der Waals surface area contributed by atoms with Gasteiger partial charge in [0, 0.05) is 12.5 Å². The first-order chi connectivity index (χ1) is 7.09. The summed E-state index contributed by atoms with van der Waals surface area (Å²) in [5, 5.41) is 2.33. The zero-order valence-electron chi connectivity index (χ0n) is 7.67. The van der Waals surface area contributed by atoms with E-state index in [-0.39, 0.29) is 17.7 Å². The molecule has 15 heavy (non-hydrogen) atoms. The van der Waals surface area contributed by atoms with Crippen LogP contribution in [0.2, 0.25) is 0 Å². The van der Waals surface area contributed by atoms with Crippen molar-refractivity contribution in [1.82, 2.24) is 0 Å². The number of ether oxygens (including phenoxy) is 1. The van der Waals surface area contributed by atoms with Crippen molar-refractivity contribution in [3.05, 3.63) is 36.0 Å². The Balaban J connectivity index is 2.53. The molecule has 1 heterocycles. The number of rotatable bonds is 1. The molecule has 0 atom stereocenters. The molecule has 1 radical (unpaired) electrons. The van der Waals surface area contributed by atoms with Crippen LogP contribution in [0.15, 0.2) is 12.1 Å². The maximum Gasteiger partial charge on any atom is 0.411 e. The lowest BCUT2D eigenvalue weighted by Crippen LogP contribution is -2.22. The number of hydrogen-bond acceptors (Lipinski definition) is 3. The van der Waals surface area contributed by atoms with Crippen molar-refractivity contribution in [2.45, 2.75) is 6.61 Å². The molecule has 1 aliphatic heterocycles. The molecule has 0 saturated carbocycles. The number of Topliss-reactive ketones (excluding diaryl/α,β-unsaturated/α-hetero) is 1. The first kappa shape index (κ1) is 9.64. The smallest absolute Gasteiger partial charge is 0.411 e. The molecule has 5 heteroatoms. The summed E-state index contributed by atoms with van der Waals surface area (Å²) < 4.78 is 18.2. The van der Waals surface area contributed by atoms with E-state index in [1.54, 1.807) is 0 Å². The molecular weight excluding hydrogens is 201 g/mol. The van der Waals surface area contributed by atoms with Crippen molar-refractivity contribution in [1.29, 1.82) is 0 Å².